The minimum absolute atomic E-state index is 0. The van der Waals surface area contributed by atoms with Crippen molar-refractivity contribution in [2.45, 2.75) is 79.6 Å². The minimum Gasteiger partial charge on any atom is -1.00 e. The number of allylic oxidation sites excluding steroid dienone is 4. The summed E-state index contributed by atoms with van der Waals surface area (Å²) in [4.78, 5) is 0. The first-order chi connectivity index (χ1) is 14.1. The molecule has 0 spiro atoms. The quantitative estimate of drug-likeness (QED) is 0.417. The second-order valence-electron chi connectivity index (χ2n) is 8.49. The molecule has 0 N–H and O–H groups in total. The molecule has 170 valence electrons. The normalized spacial score (nSPS) is 12.5. The van der Waals surface area contributed by atoms with Crippen molar-refractivity contribution in [1.29, 1.82) is 0 Å². The van der Waals surface area contributed by atoms with Crippen molar-refractivity contribution < 1.29 is 51.0 Å². The van der Waals surface area contributed by atoms with Crippen molar-refractivity contribution >= 4 is 21.5 Å². The average Bonchev–Trinajstić information content (AvgIpc) is 3.23. The molecule has 0 fully saturated rings. The topological polar surface area (TPSA) is 0 Å². The predicted octanol–water partition coefficient (Wildman–Crippen LogP) is 3.15. The van der Waals surface area contributed by atoms with Crippen LogP contribution in [0.5, 0.6) is 0 Å². The predicted molar refractivity (Wildman–Crippen MR) is 130 cm³/mol. The molecule has 4 rings (SSSR count). The molecule has 0 bridgehead atoms. The summed E-state index contributed by atoms with van der Waals surface area (Å²) in [6.07, 6.45) is 12.3. The maximum atomic E-state index is 3.57. The number of halogens is 2. The van der Waals surface area contributed by atoms with E-state index in [0.717, 1.165) is 6.42 Å². The van der Waals surface area contributed by atoms with Gasteiger partial charge in [0.2, 0.25) is 0 Å². The van der Waals surface area contributed by atoms with E-state index in [9.17, 15) is 0 Å². The zero-order chi connectivity index (χ0) is 20.8. The van der Waals surface area contributed by atoms with Crippen molar-refractivity contribution in [3.63, 3.8) is 0 Å². The summed E-state index contributed by atoms with van der Waals surface area (Å²) >= 11 is 0. The molecule has 1 aliphatic rings. The van der Waals surface area contributed by atoms with Crippen LogP contribution in [0.15, 0.2) is 59.2 Å². The van der Waals surface area contributed by atoms with Gasteiger partial charge in [-0.1, -0.05) is 88.3 Å². The van der Waals surface area contributed by atoms with Gasteiger partial charge >= 0.3 is 26.2 Å². The Balaban J connectivity index is 0.000000551. The third-order valence-corrected chi connectivity index (χ3v) is 5.87. The monoisotopic (exact) mass is 544 g/mol. The fourth-order valence-corrected chi connectivity index (χ4v) is 4.51. The first-order valence-electron chi connectivity index (χ1n) is 11.4. The van der Waals surface area contributed by atoms with Gasteiger partial charge in [0.15, 0.2) is 0 Å². The summed E-state index contributed by atoms with van der Waals surface area (Å²) in [5.74, 6) is 0. The standard InChI is InChI=1S/C15H13.C14H23.2ClH.Zr/c1-10-3-5-14-12(7-10)9-13-8-11(2)4-6-15(13)14;1-4-7-12-10-11-13(8-5-2)14(12)9-6-3;;;/h3-9H,1-2H3;4-10H2,1-3H3;2*1H;/q2*-1;;;+4/p-2. The van der Waals surface area contributed by atoms with Crippen molar-refractivity contribution in [2.24, 2.45) is 0 Å². The summed E-state index contributed by atoms with van der Waals surface area (Å²) in [5, 5.41) is 5.46. The Morgan fingerprint density at radius 1 is 0.750 bits per heavy atom. The molecule has 0 atom stereocenters. The second-order valence-corrected chi connectivity index (χ2v) is 8.49. The summed E-state index contributed by atoms with van der Waals surface area (Å²) in [7, 11) is 0. The van der Waals surface area contributed by atoms with E-state index in [2.05, 4.69) is 83.2 Å². The van der Waals surface area contributed by atoms with Crippen LogP contribution >= 0.6 is 0 Å². The Bertz CT molecular complexity index is 984. The minimum atomic E-state index is 0. The number of hydrogen-bond donors (Lipinski definition) is 0. The molecule has 0 nitrogen and oxygen atoms in total. The van der Waals surface area contributed by atoms with E-state index < -0.39 is 0 Å². The first kappa shape index (κ1) is 31.3. The fraction of sp³-hybridized carbons (Fsp3) is 0.414. The van der Waals surface area contributed by atoms with E-state index >= 15 is 0 Å². The number of hydrogen-bond acceptors (Lipinski definition) is 0. The Hall–Kier alpha value is -0.747. The molecule has 0 amide bonds. The van der Waals surface area contributed by atoms with Crippen molar-refractivity contribution in [1.82, 2.24) is 0 Å². The molecule has 0 saturated carbocycles. The molecule has 1 aliphatic carbocycles. The van der Waals surface area contributed by atoms with E-state index in [4.69, 9.17) is 0 Å². The number of fused-ring (bicyclic) bond motifs is 3. The second kappa shape index (κ2) is 15.2. The van der Waals surface area contributed by atoms with Gasteiger partial charge in [-0.3, -0.25) is 6.08 Å². The van der Waals surface area contributed by atoms with Gasteiger partial charge in [-0.25, -0.2) is 5.57 Å². The Labute approximate surface area is 227 Å². The summed E-state index contributed by atoms with van der Waals surface area (Å²) in [6.45, 7) is 11.1. The van der Waals surface area contributed by atoms with Gasteiger partial charge in [0.05, 0.1) is 0 Å². The van der Waals surface area contributed by atoms with E-state index in [1.54, 1.807) is 11.1 Å². The molecule has 3 aromatic rings. The van der Waals surface area contributed by atoms with Crippen LogP contribution in [-0.4, -0.2) is 0 Å². The van der Waals surface area contributed by atoms with Crippen LogP contribution in [0, 0.1) is 19.9 Å². The number of rotatable bonds is 6. The van der Waals surface area contributed by atoms with Gasteiger partial charge in [-0.2, -0.15) is 11.1 Å². The Kier molecular flexibility index (Phi) is 14.9. The van der Waals surface area contributed by atoms with Crippen molar-refractivity contribution in [3.8, 4) is 0 Å². The molecular weight excluding hydrogens is 510 g/mol. The molecular formula is C29H36Cl2Zr. The van der Waals surface area contributed by atoms with E-state index in [-0.39, 0.29) is 51.0 Å². The summed E-state index contributed by atoms with van der Waals surface area (Å²) in [6, 6.07) is 15.6. The Morgan fingerprint density at radius 2 is 1.25 bits per heavy atom. The van der Waals surface area contributed by atoms with Crippen LogP contribution in [0.25, 0.3) is 21.5 Å². The third kappa shape index (κ3) is 7.65. The first-order valence-corrected chi connectivity index (χ1v) is 11.4. The summed E-state index contributed by atoms with van der Waals surface area (Å²) in [5.41, 5.74) is 7.54. The SMILES string of the molecule is CCCC1=[C-]CC(CCC)=C1CCC.Cc1ccc2c(c1)[cH-]c1cc(C)ccc12.[Cl-].[Cl-].[Zr+4]. The third-order valence-electron chi connectivity index (χ3n) is 5.87. The maximum Gasteiger partial charge on any atom is 4.00 e. The van der Waals surface area contributed by atoms with Gasteiger partial charge in [0, 0.05) is 0 Å². The van der Waals surface area contributed by atoms with Crippen LogP contribution in [0.2, 0.25) is 0 Å². The molecule has 0 radical (unpaired) electrons. The fourth-order valence-electron chi connectivity index (χ4n) is 4.51. The molecule has 0 heterocycles. The van der Waals surface area contributed by atoms with Crippen LogP contribution in [0.3, 0.4) is 0 Å². The summed E-state index contributed by atoms with van der Waals surface area (Å²) < 4.78 is 0. The molecule has 0 unspecified atom stereocenters. The Morgan fingerprint density at radius 3 is 1.72 bits per heavy atom. The van der Waals surface area contributed by atoms with Gasteiger partial charge in [-0.15, -0.1) is 46.2 Å². The molecule has 3 aromatic carbocycles. The van der Waals surface area contributed by atoms with Crippen molar-refractivity contribution in [2.75, 3.05) is 0 Å². The van der Waals surface area contributed by atoms with Crippen LogP contribution in [-0.2, 0) is 26.2 Å². The largest absolute Gasteiger partial charge is 4.00 e. The molecule has 0 saturated heterocycles. The van der Waals surface area contributed by atoms with Gasteiger partial charge in [0.25, 0.3) is 0 Å². The van der Waals surface area contributed by atoms with Crippen LogP contribution < -0.4 is 24.8 Å². The van der Waals surface area contributed by atoms with Gasteiger partial charge < -0.3 is 24.8 Å². The molecule has 3 heteroatoms. The zero-order valence-corrected chi connectivity index (χ0v) is 24.2. The van der Waals surface area contributed by atoms with E-state index in [1.807, 2.05) is 0 Å². The maximum absolute atomic E-state index is 3.57. The average molecular weight is 547 g/mol. The van der Waals surface area contributed by atoms with Gasteiger partial charge in [-0.05, 0) is 20.3 Å². The molecule has 0 aliphatic heterocycles. The number of benzene rings is 2. The van der Waals surface area contributed by atoms with Crippen LogP contribution in [0.1, 0.15) is 76.8 Å². The zero-order valence-electron chi connectivity index (χ0n) is 20.2. The van der Waals surface area contributed by atoms with Crippen LogP contribution in [0.4, 0.5) is 0 Å². The van der Waals surface area contributed by atoms with E-state index in [1.165, 1.54) is 76.8 Å². The molecule has 32 heavy (non-hydrogen) atoms. The van der Waals surface area contributed by atoms with E-state index in [0.29, 0.717) is 0 Å². The molecule has 0 aromatic heterocycles. The van der Waals surface area contributed by atoms with Crippen molar-refractivity contribution in [3.05, 3.63) is 76.4 Å². The smallest absolute Gasteiger partial charge is 1.00 e. The number of aryl methyl sites for hydroxylation is 2. The van der Waals surface area contributed by atoms with Gasteiger partial charge in [0.1, 0.15) is 0 Å².